The molecule has 1 aromatic heterocycles. The Morgan fingerprint density at radius 2 is 2.29 bits per heavy atom. The average molecular weight is 306 g/mol. The Morgan fingerprint density at radius 1 is 1.48 bits per heavy atom. The first-order valence-corrected chi connectivity index (χ1v) is 7.49. The summed E-state index contributed by atoms with van der Waals surface area (Å²) < 4.78 is 11.1. The van der Waals surface area contributed by atoms with Crippen molar-refractivity contribution < 1.29 is 14.3 Å². The summed E-state index contributed by atoms with van der Waals surface area (Å²) in [5.41, 5.74) is 0. The maximum atomic E-state index is 12.1. The van der Waals surface area contributed by atoms with E-state index < -0.39 is 6.10 Å². The molecule has 0 fully saturated rings. The van der Waals surface area contributed by atoms with Crippen molar-refractivity contribution in [3.05, 3.63) is 24.3 Å². The fourth-order valence-corrected chi connectivity index (χ4v) is 2.37. The van der Waals surface area contributed by atoms with Crippen LogP contribution in [-0.4, -0.2) is 39.6 Å². The Kier molecular flexibility index (Phi) is 3.96. The summed E-state index contributed by atoms with van der Waals surface area (Å²) in [5, 5.41) is 9.88. The van der Waals surface area contributed by atoms with Crippen molar-refractivity contribution in [2.45, 2.75) is 18.2 Å². The van der Waals surface area contributed by atoms with Crippen LogP contribution in [0.3, 0.4) is 0 Å². The van der Waals surface area contributed by atoms with Crippen LogP contribution in [0.15, 0.2) is 29.4 Å². The predicted octanol–water partition coefficient (Wildman–Crippen LogP) is 1.70. The lowest BCUT2D eigenvalue weighted by Gasteiger charge is -2.25. The summed E-state index contributed by atoms with van der Waals surface area (Å²) in [6.07, 6.45) is -0.715. The Hall–Kier alpha value is -2.22. The van der Waals surface area contributed by atoms with Gasteiger partial charge in [-0.2, -0.15) is 4.98 Å². The third kappa shape index (κ3) is 3.10. The van der Waals surface area contributed by atoms with Crippen LogP contribution in [0, 0.1) is 0 Å². The number of H-pyrrole nitrogens is 1. The van der Waals surface area contributed by atoms with Gasteiger partial charge in [0.1, 0.15) is 6.61 Å². The molecule has 21 heavy (non-hydrogen) atoms. The number of aromatic amines is 1. The van der Waals surface area contributed by atoms with E-state index in [-0.39, 0.29) is 12.5 Å². The first-order chi connectivity index (χ1) is 10.3. The molecular weight excluding hydrogens is 292 g/mol. The maximum Gasteiger partial charge on any atom is 0.271 e. The first kappa shape index (κ1) is 13.7. The van der Waals surface area contributed by atoms with E-state index in [1.54, 1.807) is 12.1 Å². The largest absolute Gasteiger partial charge is 0.485 e. The number of para-hydroxylation sites is 2. The highest BCUT2D eigenvalue weighted by atomic mass is 32.2. The summed E-state index contributed by atoms with van der Waals surface area (Å²) in [7, 11) is 0. The normalized spacial score (nSPS) is 16.5. The van der Waals surface area contributed by atoms with E-state index in [0.717, 1.165) is 5.75 Å². The summed E-state index contributed by atoms with van der Waals surface area (Å²) in [6, 6.07) is 7.24. The van der Waals surface area contributed by atoms with Crippen LogP contribution in [0.4, 0.5) is 5.95 Å². The topological polar surface area (TPSA) is 89.1 Å². The van der Waals surface area contributed by atoms with E-state index >= 15 is 0 Å². The van der Waals surface area contributed by atoms with Gasteiger partial charge in [0, 0.05) is 0 Å². The minimum absolute atomic E-state index is 0.160. The summed E-state index contributed by atoms with van der Waals surface area (Å²) in [4.78, 5) is 16.3. The van der Waals surface area contributed by atoms with Crippen molar-refractivity contribution in [2.24, 2.45) is 0 Å². The van der Waals surface area contributed by atoms with E-state index in [2.05, 4.69) is 20.5 Å². The number of amides is 1. The average Bonchev–Trinajstić information content (AvgIpc) is 2.94. The van der Waals surface area contributed by atoms with Gasteiger partial charge in [-0.05, 0) is 17.9 Å². The number of carbonyl (C=O) groups is 1. The molecule has 0 radical (unpaired) electrons. The number of nitrogens with one attached hydrogen (secondary N) is 2. The molecule has 110 valence electrons. The van der Waals surface area contributed by atoms with Crippen molar-refractivity contribution in [3.63, 3.8) is 0 Å². The molecule has 1 aliphatic rings. The van der Waals surface area contributed by atoms with Gasteiger partial charge >= 0.3 is 0 Å². The quantitative estimate of drug-likeness (QED) is 0.836. The first-order valence-electron chi connectivity index (χ1n) is 6.51. The highest BCUT2D eigenvalue weighted by Crippen LogP contribution is 2.31. The van der Waals surface area contributed by atoms with Gasteiger partial charge < -0.3 is 9.47 Å². The minimum atomic E-state index is -0.715. The van der Waals surface area contributed by atoms with Crippen LogP contribution in [0.2, 0.25) is 0 Å². The molecule has 0 saturated heterocycles. The maximum absolute atomic E-state index is 12.1. The number of nitrogens with zero attached hydrogens (tertiary/aromatic N) is 2. The molecule has 1 aromatic carbocycles. The van der Waals surface area contributed by atoms with Crippen LogP contribution in [0.5, 0.6) is 11.5 Å². The van der Waals surface area contributed by atoms with Gasteiger partial charge in [-0.15, -0.1) is 5.10 Å². The number of rotatable bonds is 4. The molecule has 2 aromatic rings. The van der Waals surface area contributed by atoms with Gasteiger partial charge in [0.15, 0.2) is 11.5 Å². The van der Waals surface area contributed by atoms with Crippen molar-refractivity contribution in [3.8, 4) is 11.5 Å². The summed E-state index contributed by atoms with van der Waals surface area (Å²) >= 11 is 1.49. The van der Waals surface area contributed by atoms with Crippen LogP contribution in [-0.2, 0) is 4.79 Å². The molecule has 2 N–H and O–H groups in total. The summed E-state index contributed by atoms with van der Waals surface area (Å²) in [6.45, 7) is 2.16. The lowest BCUT2D eigenvalue weighted by molar-refractivity contribution is -0.125. The molecule has 2 heterocycles. The van der Waals surface area contributed by atoms with Gasteiger partial charge in [-0.1, -0.05) is 30.8 Å². The van der Waals surface area contributed by atoms with E-state index in [1.165, 1.54) is 11.8 Å². The molecule has 1 aliphatic heterocycles. The number of anilines is 1. The van der Waals surface area contributed by atoms with Gasteiger partial charge in [0.05, 0.1) is 0 Å². The SMILES string of the molecule is CCSc1n[nH]c(NC(=O)C2COc3ccccc3O2)n1. The highest BCUT2D eigenvalue weighted by Gasteiger charge is 2.27. The van der Waals surface area contributed by atoms with E-state index in [9.17, 15) is 4.79 Å². The number of fused-ring (bicyclic) bond motifs is 1. The van der Waals surface area contributed by atoms with Crippen LogP contribution in [0.25, 0.3) is 0 Å². The van der Waals surface area contributed by atoms with Crippen LogP contribution in [0.1, 0.15) is 6.92 Å². The zero-order valence-electron chi connectivity index (χ0n) is 11.3. The van der Waals surface area contributed by atoms with Crippen molar-refractivity contribution in [1.82, 2.24) is 15.2 Å². The third-order valence-electron chi connectivity index (χ3n) is 2.78. The van der Waals surface area contributed by atoms with Crippen molar-refractivity contribution in [1.29, 1.82) is 0 Å². The summed E-state index contributed by atoms with van der Waals surface area (Å²) in [5.74, 6) is 2.04. The fourth-order valence-electron chi connectivity index (χ4n) is 1.84. The Bertz CT molecular complexity index is 646. The molecule has 0 aliphatic carbocycles. The van der Waals surface area contributed by atoms with Crippen molar-refractivity contribution >= 4 is 23.6 Å². The molecule has 3 rings (SSSR count). The van der Waals surface area contributed by atoms with Crippen molar-refractivity contribution in [2.75, 3.05) is 17.7 Å². The second-order valence-corrected chi connectivity index (χ2v) is 5.48. The minimum Gasteiger partial charge on any atom is -0.485 e. The Balaban J connectivity index is 1.63. The molecule has 0 saturated carbocycles. The van der Waals surface area contributed by atoms with Crippen LogP contribution < -0.4 is 14.8 Å². The molecule has 0 spiro atoms. The molecule has 1 atom stereocenters. The van der Waals surface area contributed by atoms with Gasteiger partial charge in [-0.25, -0.2) is 5.10 Å². The molecule has 8 heteroatoms. The monoisotopic (exact) mass is 306 g/mol. The Labute approximate surface area is 125 Å². The third-order valence-corrected chi connectivity index (χ3v) is 3.51. The van der Waals surface area contributed by atoms with E-state index in [1.807, 2.05) is 19.1 Å². The standard InChI is InChI=1S/C13H14N4O3S/c1-2-21-13-15-12(16-17-13)14-11(18)10-7-19-8-5-3-4-6-9(8)20-10/h3-6,10H,2,7H2,1H3,(H2,14,15,16,17,18). The number of hydrogen-bond donors (Lipinski definition) is 2. The second kappa shape index (κ2) is 6.04. The number of thioether (sulfide) groups is 1. The smallest absolute Gasteiger partial charge is 0.271 e. The number of hydrogen-bond acceptors (Lipinski definition) is 6. The van der Waals surface area contributed by atoms with E-state index in [4.69, 9.17) is 9.47 Å². The molecule has 0 bridgehead atoms. The lowest BCUT2D eigenvalue weighted by atomic mass is 10.2. The fraction of sp³-hybridized carbons (Fsp3) is 0.308. The number of ether oxygens (including phenoxy) is 2. The highest BCUT2D eigenvalue weighted by molar-refractivity contribution is 7.99. The van der Waals surface area contributed by atoms with E-state index in [0.29, 0.717) is 22.6 Å². The molecular formula is C13H14N4O3S. The Morgan fingerprint density at radius 3 is 3.10 bits per heavy atom. The number of aromatic nitrogens is 3. The lowest BCUT2D eigenvalue weighted by Crippen LogP contribution is -2.40. The number of carbonyl (C=O) groups excluding carboxylic acids is 1. The molecule has 7 nitrogen and oxygen atoms in total. The zero-order chi connectivity index (χ0) is 14.7. The second-order valence-electron chi connectivity index (χ2n) is 4.25. The van der Waals surface area contributed by atoms with Crippen LogP contribution >= 0.6 is 11.8 Å². The molecule has 1 unspecified atom stereocenters. The zero-order valence-corrected chi connectivity index (χ0v) is 12.1. The number of benzene rings is 1. The van der Waals surface area contributed by atoms with Gasteiger partial charge in [-0.3, -0.25) is 10.1 Å². The van der Waals surface area contributed by atoms with Gasteiger partial charge in [0.25, 0.3) is 5.91 Å². The predicted molar refractivity (Wildman–Crippen MR) is 77.8 cm³/mol. The van der Waals surface area contributed by atoms with Gasteiger partial charge in [0.2, 0.25) is 17.2 Å². The molecule has 1 amide bonds.